The summed E-state index contributed by atoms with van der Waals surface area (Å²) in [5.41, 5.74) is 4.48. The number of phenolic OH excluding ortho intramolecular Hbond substituents is 1. The molecule has 0 fully saturated rings. The molecule has 0 saturated carbocycles. The molecule has 0 saturated heterocycles. The number of rotatable bonds is 10. The largest absolute Gasteiger partial charge is 0.507 e. The van der Waals surface area contributed by atoms with E-state index in [4.69, 9.17) is 4.74 Å². The summed E-state index contributed by atoms with van der Waals surface area (Å²) < 4.78 is 6.36. The summed E-state index contributed by atoms with van der Waals surface area (Å²) in [6.07, 6.45) is 17.5. The maximum absolute atomic E-state index is 10.4. The Hall–Kier alpha value is -1.96. The van der Waals surface area contributed by atoms with Crippen molar-refractivity contribution in [3.63, 3.8) is 0 Å². The molecule has 0 aromatic heterocycles. The van der Waals surface area contributed by atoms with Gasteiger partial charge in [-0.3, -0.25) is 0 Å². The van der Waals surface area contributed by atoms with Crippen LogP contribution < -0.4 is 4.74 Å². The standard InChI is InChI=1S/C26H38O2/c1-6-7-8-14-22-18-24(27)23-15-17-26(5,28-25(23)19-22)16-10-13-21(4)12-9-11-20(2)3/h11,13,15,17-19,27H,6-10,12,14,16H2,1-5H3. The lowest BCUT2D eigenvalue weighted by molar-refractivity contribution is 0.128. The SMILES string of the molecule is CCCCCc1cc(O)c2c(c1)OC(C)(CCC=C(C)CCC=C(C)C)C=C2. The van der Waals surface area contributed by atoms with E-state index >= 15 is 0 Å². The third-order valence-electron chi connectivity index (χ3n) is 5.42. The Morgan fingerprint density at radius 2 is 1.89 bits per heavy atom. The summed E-state index contributed by atoms with van der Waals surface area (Å²) in [6, 6.07) is 4.01. The number of benzene rings is 1. The van der Waals surface area contributed by atoms with Crippen molar-refractivity contribution in [2.45, 2.75) is 91.6 Å². The molecule has 0 amide bonds. The van der Waals surface area contributed by atoms with Crippen LogP contribution in [0.5, 0.6) is 11.5 Å². The van der Waals surface area contributed by atoms with Gasteiger partial charge in [-0.15, -0.1) is 0 Å². The van der Waals surface area contributed by atoms with Gasteiger partial charge in [0.25, 0.3) is 0 Å². The van der Waals surface area contributed by atoms with Crippen LogP contribution in [0, 0.1) is 0 Å². The minimum atomic E-state index is -0.321. The number of aryl methyl sites for hydroxylation is 1. The van der Waals surface area contributed by atoms with Crippen molar-refractivity contribution in [3.05, 3.63) is 52.6 Å². The Kier molecular flexibility index (Phi) is 8.41. The van der Waals surface area contributed by atoms with Crippen LogP contribution in [0.15, 0.2) is 41.5 Å². The molecule has 1 aliphatic heterocycles. The molecule has 1 aliphatic rings. The third kappa shape index (κ3) is 6.89. The molecular weight excluding hydrogens is 344 g/mol. The van der Waals surface area contributed by atoms with Crippen LogP contribution in [0.4, 0.5) is 0 Å². The Morgan fingerprint density at radius 3 is 2.61 bits per heavy atom. The smallest absolute Gasteiger partial charge is 0.131 e. The molecule has 2 nitrogen and oxygen atoms in total. The lowest BCUT2D eigenvalue weighted by atomic mass is 9.93. The first-order valence-corrected chi connectivity index (χ1v) is 10.9. The normalized spacial score (nSPS) is 18.5. The summed E-state index contributed by atoms with van der Waals surface area (Å²) in [4.78, 5) is 0. The lowest BCUT2D eigenvalue weighted by Gasteiger charge is -2.32. The first-order chi connectivity index (χ1) is 13.3. The molecule has 28 heavy (non-hydrogen) atoms. The summed E-state index contributed by atoms with van der Waals surface area (Å²) in [5.74, 6) is 1.15. The summed E-state index contributed by atoms with van der Waals surface area (Å²) in [6.45, 7) is 10.9. The molecule has 2 heteroatoms. The zero-order chi connectivity index (χ0) is 20.6. The maximum atomic E-state index is 10.4. The fourth-order valence-corrected chi connectivity index (χ4v) is 3.62. The van der Waals surface area contributed by atoms with E-state index in [1.807, 2.05) is 12.1 Å². The fourth-order valence-electron chi connectivity index (χ4n) is 3.62. The van der Waals surface area contributed by atoms with E-state index in [1.54, 1.807) is 0 Å². The Morgan fingerprint density at radius 1 is 1.11 bits per heavy atom. The predicted molar refractivity (Wildman–Crippen MR) is 121 cm³/mol. The average molecular weight is 383 g/mol. The molecule has 2 rings (SSSR count). The predicted octanol–water partition coefficient (Wildman–Crippen LogP) is 7.76. The molecule has 1 aromatic rings. The number of ether oxygens (including phenoxy) is 1. The molecule has 0 bridgehead atoms. The number of allylic oxidation sites excluding steroid dienone is 4. The van der Waals surface area contributed by atoms with Gasteiger partial charge in [0.2, 0.25) is 0 Å². The van der Waals surface area contributed by atoms with Gasteiger partial charge >= 0.3 is 0 Å². The van der Waals surface area contributed by atoms with Gasteiger partial charge in [0.15, 0.2) is 0 Å². The number of hydrogen-bond acceptors (Lipinski definition) is 2. The molecule has 1 atom stereocenters. The van der Waals surface area contributed by atoms with Crippen LogP contribution in [0.2, 0.25) is 0 Å². The highest BCUT2D eigenvalue weighted by Gasteiger charge is 2.28. The van der Waals surface area contributed by atoms with Gasteiger partial charge in [-0.05, 0) is 96.1 Å². The molecule has 1 aromatic carbocycles. The monoisotopic (exact) mass is 382 g/mol. The average Bonchev–Trinajstić information content (AvgIpc) is 2.61. The van der Waals surface area contributed by atoms with Crippen LogP contribution >= 0.6 is 0 Å². The lowest BCUT2D eigenvalue weighted by Crippen LogP contribution is -2.31. The summed E-state index contributed by atoms with van der Waals surface area (Å²) >= 11 is 0. The topological polar surface area (TPSA) is 29.5 Å². The van der Waals surface area contributed by atoms with Gasteiger partial charge in [-0.2, -0.15) is 0 Å². The van der Waals surface area contributed by atoms with E-state index in [9.17, 15) is 5.11 Å². The molecule has 0 aliphatic carbocycles. The van der Waals surface area contributed by atoms with Crippen molar-refractivity contribution in [1.29, 1.82) is 0 Å². The van der Waals surface area contributed by atoms with Gasteiger partial charge in [0, 0.05) is 0 Å². The molecule has 1 unspecified atom stereocenters. The van der Waals surface area contributed by atoms with Crippen molar-refractivity contribution in [3.8, 4) is 11.5 Å². The van der Waals surface area contributed by atoms with Crippen LogP contribution in [0.25, 0.3) is 6.08 Å². The van der Waals surface area contributed by atoms with Crippen molar-refractivity contribution in [2.24, 2.45) is 0 Å². The minimum Gasteiger partial charge on any atom is -0.507 e. The number of unbranched alkanes of at least 4 members (excludes halogenated alkanes) is 2. The van der Waals surface area contributed by atoms with E-state index in [1.165, 1.54) is 24.0 Å². The highest BCUT2D eigenvalue weighted by atomic mass is 16.5. The summed E-state index contributed by atoms with van der Waals surface area (Å²) in [5, 5.41) is 10.4. The van der Waals surface area contributed by atoms with Crippen LogP contribution in [0.3, 0.4) is 0 Å². The van der Waals surface area contributed by atoms with Crippen molar-refractivity contribution in [1.82, 2.24) is 0 Å². The Labute approximate surface area is 172 Å². The van der Waals surface area contributed by atoms with Crippen LogP contribution in [-0.2, 0) is 6.42 Å². The van der Waals surface area contributed by atoms with Gasteiger partial charge < -0.3 is 9.84 Å². The number of aromatic hydroxyl groups is 1. The number of fused-ring (bicyclic) bond motifs is 1. The highest BCUT2D eigenvalue weighted by molar-refractivity contribution is 5.67. The Balaban J connectivity index is 1.97. The second-order valence-electron chi connectivity index (χ2n) is 8.64. The van der Waals surface area contributed by atoms with E-state index in [2.05, 4.69) is 58.9 Å². The summed E-state index contributed by atoms with van der Waals surface area (Å²) in [7, 11) is 0. The second kappa shape index (κ2) is 10.5. The van der Waals surface area contributed by atoms with E-state index in [-0.39, 0.29) is 5.60 Å². The zero-order valence-corrected chi connectivity index (χ0v) is 18.5. The highest BCUT2D eigenvalue weighted by Crippen LogP contribution is 2.39. The van der Waals surface area contributed by atoms with Gasteiger partial charge in [0.1, 0.15) is 17.1 Å². The molecule has 1 N–H and O–H groups in total. The van der Waals surface area contributed by atoms with Crippen molar-refractivity contribution >= 4 is 6.08 Å². The fraction of sp³-hybridized carbons (Fsp3) is 0.538. The minimum absolute atomic E-state index is 0.321. The quantitative estimate of drug-likeness (QED) is 0.331. The zero-order valence-electron chi connectivity index (χ0n) is 18.5. The van der Waals surface area contributed by atoms with E-state index in [0.29, 0.717) is 5.75 Å². The first-order valence-electron chi connectivity index (χ1n) is 10.9. The molecule has 0 spiro atoms. The van der Waals surface area contributed by atoms with Gasteiger partial charge in [-0.25, -0.2) is 0 Å². The molecule has 0 radical (unpaired) electrons. The van der Waals surface area contributed by atoms with Crippen LogP contribution in [0.1, 0.15) is 90.7 Å². The Bertz CT molecular complexity index is 735. The number of phenols is 1. The van der Waals surface area contributed by atoms with E-state index in [0.717, 1.165) is 55.4 Å². The molecule has 1 heterocycles. The third-order valence-corrected chi connectivity index (χ3v) is 5.42. The van der Waals surface area contributed by atoms with Crippen molar-refractivity contribution < 1.29 is 9.84 Å². The van der Waals surface area contributed by atoms with Gasteiger partial charge in [0.05, 0.1) is 5.56 Å². The number of hydrogen-bond donors (Lipinski definition) is 1. The molecule has 154 valence electrons. The van der Waals surface area contributed by atoms with Crippen molar-refractivity contribution in [2.75, 3.05) is 0 Å². The molecular formula is C26H38O2. The first kappa shape index (κ1) is 22.3. The van der Waals surface area contributed by atoms with Crippen LogP contribution in [-0.4, -0.2) is 10.7 Å². The van der Waals surface area contributed by atoms with E-state index < -0.39 is 0 Å². The van der Waals surface area contributed by atoms with Gasteiger partial charge in [-0.1, -0.05) is 43.1 Å². The maximum Gasteiger partial charge on any atom is 0.131 e. The second-order valence-corrected chi connectivity index (χ2v) is 8.64.